The van der Waals surface area contributed by atoms with Crippen LogP contribution in [0.1, 0.15) is 26.3 Å². The second-order valence-electron chi connectivity index (χ2n) is 5.29. The molecule has 0 spiro atoms. The van der Waals surface area contributed by atoms with Gasteiger partial charge in [-0.05, 0) is 30.5 Å². The molecule has 0 aliphatic rings. The summed E-state index contributed by atoms with van der Waals surface area (Å²) in [5.41, 5.74) is 1.10. The highest BCUT2D eigenvalue weighted by Gasteiger charge is 2.09. The summed E-state index contributed by atoms with van der Waals surface area (Å²) in [5, 5.41) is 6.67. The summed E-state index contributed by atoms with van der Waals surface area (Å²) >= 11 is 0. The fourth-order valence-corrected chi connectivity index (χ4v) is 1.75. The molecule has 0 radical (unpaired) electrons. The highest BCUT2D eigenvalue weighted by molar-refractivity contribution is 14.0. The molecule has 1 unspecified atom stereocenters. The van der Waals surface area contributed by atoms with Crippen molar-refractivity contribution in [3.8, 4) is 11.5 Å². The van der Waals surface area contributed by atoms with Crippen molar-refractivity contribution in [2.24, 2.45) is 10.9 Å². The molecule has 1 rings (SSSR count). The summed E-state index contributed by atoms with van der Waals surface area (Å²) in [6.07, 6.45) is 0. The second kappa shape index (κ2) is 10.5. The molecule has 0 aliphatic heterocycles. The van der Waals surface area contributed by atoms with Crippen molar-refractivity contribution in [1.29, 1.82) is 0 Å². The summed E-state index contributed by atoms with van der Waals surface area (Å²) in [7, 11) is 5.05. The predicted molar refractivity (Wildman–Crippen MR) is 103 cm³/mol. The van der Waals surface area contributed by atoms with Gasteiger partial charge < -0.3 is 20.1 Å². The molecule has 0 amide bonds. The zero-order chi connectivity index (χ0) is 15.8. The van der Waals surface area contributed by atoms with E-state index in [-0.39, 0.29) is 24.0 Å². The summed E-state index contributed by atoms with van der Waals surface area (Å²) in [4.78, 5) is 4.24. The summed E-state index contributed by atoms with van der Waals surface area (Å²) in [5.74, 6) is 2.81. The van der Waals surface area contributed by atoms with Crippen LogP contribution in [0, 0.1) is 5.92 Å². The van der Waals surface area contributed by atoms with Gasteiger partial charge in [0.25, 0.3) is 0 Å². The van der Waals surface area contributed by atoms with Crippen LogP contribution in [0.4, 0.5) is 0 Å². The Morgan fingerprint density at radius 1 is 1.14 bits per heavy atom. The number of hydrogen-bond donors (Lipinski definition) is 2. The quantitative estimate of drug-likeness (QED) is 0.421. The average molecular weight is 421 g/mol. The van der Waals surface area contributed by atoms with Crippen molar-refractivity contribution in [3.05, 3.63) is 23.8 Å². The van der Waals surface area contributed by atoms with Crippen molar-refractivity contribution in [2.75, 3.05) is 21.3 Å². The van der Waals surface area contributed by atoms with Gasteiger partial charge in [-0.2, -0.15) is 0 Å². The number of halogens is 1. The molecule has 0 aliphatic carbocycles. The molecule has 2 N–H and O–H groups in total. The Morgan fingerprint density at radius 3 is 2.27 bits per heavy atom. The number of nitrogens with one attached hydrogen (secondary N) is 2. The molecule has 6 heteroatoms. The second-order valence-corrected chi connectivity index (χ2v) is 5.29. The molecule has 1 aromatic rings. The highest BCUT2D eigenvalue weighted by Crippen LogP contribution is 2.27. The number of methoxy groups -OCH3 is 2. The van der Waals surface area contributed by atoms with Crippen LogP contribution in [-0.4, -0.2) is 33.3 Å². The van der Waals surface area contributed by atoms with E-state index in [9.17, 15) is 0 Å². The largest absolute Gasteiger partial charge is 0.493 e. The Kier molecular flexibility index (Phi) is 9.97. The Hall–Kier alpha value is -1.18. The van der Waals surface area contributed by atoms with Crippen molar-refractivity contribution >= 4 is 29.9 Å². The molecule has 1 atom stereocenters. The van der Waals surface area contributed by atoms with Gasteiger partial charge in [-0.1, -0.05) is 19.9 Å². The molecule has 0 fully saturated rings. The van der Waals surface area contributed by atoms with Crippen LogP contribution >= 0.6 is 24.0 Å². The fraction of sp³-hybridized carbons (Fsp3) is 0.562. The van der Waals surface area contributed by atoms with Gasteiger partial charge in [0, 0.05) is 19.6 Å². The van der Waals surface area contributed by atoms with E-state index in [0.717, 1.165) is 23.0 Å². The maximum atomic E-state index is 5.31. The lowest BCUT2D eigenvalue weighted by atomic mass is 10.1. The lowest BCUT2D eigenvalue weighted by Crippen LogP contribution is -2.43. The third-order valence-electron chi connectivity index (χ3n) is 3.50. The van der Waals surface area contributed by atoms with Crippen molar-refractivity contribution in [1.82, 2.24) is 10.6 Å². The van der Waals surface area contributed by atoms with Crippen molar-refractivity contribution < 1.29 is 9.47 Å². The zero-order valence-corrected chi connectivity index (χ0v) is 16.6. The minimum atomic E-state index is 0. The molecule has 0 aromatic heterocycles. The van der Waals surface area contributed by atoms with Gasteiger partial charge in [-0.15, -0.1) is 24.0 Å². The molecule has 5 nitrogen and oxygen atoms in total. The first-order valence-corrected chi connectivity index (χ1v) is 7.19. The van der Waals surface area contributed by atoms with Gasteiger partial charge in [0.15, 0.2) is 17.5 Å². The average Bonchev–Trinajstić information content (AvgIpc) is 2.50. The van der Waals surface area contributed by atoms with E-state index in [1.807, 2.05) is 18.2 Å². The van der Waals surface area contributed by atoms with Crippen molar-refractivity contribution in [3.63, 3.8) is 0 Å². The van der Waals surface area contributed by atoms with Gasteiger partial charge in [0.1, 0.15) is 0 Å². The Labute approximate surface area is 150 Å². The van der Waals surface area contributed by atoms with Gasteiger partial charge in [-0.25, -0.2) is 0 Å². The maximum absolute atomic E-state index is 5.31. The summed E-state index contributed by atoms with van der Waals surface area (Å²) in [6.45, 7) is 7.18. The third kappa shape index (κ3) is 6.29. The number of rotatable bonds is 6. The molecule has 1 aromatic carbocycles. The van der Waals surface area contributed by atoms with Crippen LogP contribution < -0.4 is 20.1 Å². The highest BCUT2D eigenvalue weighted by atomic mass is 127. The molecule has 0 saturated carbocycles. The SMILES string of the molecule is CN=C(NCc1ccc(OC)c(OC)c1)NC(C)C(C)C.I. The van der Waals surface area contributed by atoms with Crippen LogP contribution in [0.5, 0.6) is 11.5 Å². The molecular formula is C16H28IN3O2. The summed E-state index contributed by atoms with van der Waals surface area (Å²) in [6, 6.07) is 6.24. The van der Waals surface area contributed by atoms with E-state index in [0.29, 0.717) is 18.5 Å². The van der Waals surface area contributed by atoms with Crippen LogP contribution in [0.2, 0.25) is 0 Å². The van der Waals surface area contributed by atoms with Gasteiger partial charge in [0.2, 0.25) is 0 Å². The van der Waals surface area contributed by atoms with Crippen molar-refractivity contribution in [2.45, 2.75) is 33.4 Å². The standard InChI is InChI=1S/C16H27N3O2.HI/c1-11(2)12(3)19-16(17-4)18-10-13-7-8-14(20-5)15(9-13)21-6;/h7-9,11-12H,10H2,1-6H3,(H2,17,18,19);1H. The third-order valence-corrected chi connectivity index (χ3v) is 3.50. The normalized spacial score (nSPS) is 12.4. The fourth-order valence-electron chi connectivity index (χ4n) is 1.75. The smallest absolute Gasteiger partial charge is 0.191 e. The first kappa shape index (κ1) is 20.8. The molecule has 126 valence electrons. The lowest BCUT2D eigenvalue weighted by molar-refractivity contribution is 0.354. The van der Waals surface area contributed by atoms with Crippen LogP contribution in [0.25, 0.3) is 0 Å². The number of aliphatic imine (C=N–C) groups is 1. The zero-order valence-electron chi connectivity index (χ0n) is 14.3. The van der Waals surface area contributed by atoms with Crippen LogP contribution in [-0.2, 0) is 6.54 Å². The van der Waals surface area contributed by atoms with E-state index in [1.54, 1.807) is 21.3 Å². The van der Waals surface area contributed by atoms with E-state index in [2.05, 4.69) is 36.4 Å². The number of guanidine groups is 1. The van der Waals surface area contributed by atoms with E-state index in [4.69, 9.17) is 9.47 Å². The monoisotopic (exact) mass is 421 g/mol. The molecule has 0 saturated heterocycles. The van der Waals surface area contributed by atoms with Crippen LogP contribution in [0.3, 0.4) is 0 Å². The molecule has 0 heterocycles. The van der Waals surface area contributed by atoms with E-state index < -0.39 is 0 Å². The summed E-state index contributed by atoms with van der Waals surface area (Å²) < 4.78 is 10.5. The Morgan fingerprint density at radius 2 is 1.77 bits per heavy atom. The topological polar surface area (TPSA) is 54.9 Å². The Balaban J connectivity index is 0.00000441. The maximum Gasteiger partial charge on any atom is 0.191 e. The van der Waals surface area contributed by atoms with E-state index >= 15 is 0 Å². The van der Waals surface area contributed by atoms with Gasteiger partial charge in [0.05, 0.1) is 14.2 Å². The number of nitrogens with zero attached hydrogens (tertiary/aromatic N) is 1. The number of benzene rings is 1. The first-order valence-electron chi connectivity index (χ1n) is 7.19. The molecule has 22 heavy (non-hydrogen) atoms. The predicted octanol–water partition coefficient (Wildman–Crippen LogP) is 3.03. The van der Waals surface area contributed by atoms with Crippen LogP contribution in [0.15, 0.2) is 23.2 Å². The lowest BCUT2D eigenvalue weighted by Gasteiger charge is -2.21. The minimum absolute atomic E-state index is 0. The number of ether oxygens (including phenoxy) is 2. The van der Waals surface area contributed by atoms with E-state index in [1.165, 1.54) is 0 Å². The minimum Gasteiger partial charge on any atom is -0.493 e. The Bertz CT molecular complexity index is 478. The number of hydrogen-bond acceptors (Lipinski definition) is 3. The first-order chi connectivity index (χ1) is 10.0. The van der Waals surface area contributed by atoms with Gasteiger partial charge in [-0.3, -0.25) is 4.99 Å². The molecular weight excluding hydrogens is 393 g/mol. The van der Waals surface area contributed by atoms with Gasteiger partial charge >= 0.3 is 0 Å². The molecule has 0 bridgehead atoms.